The van der Waals surface area contributed by atoms with E-state index in [1.807, 2.05) is 24.3 Å². The van der Waals surface area contributed by atoms with Gasteiger partial charge in [0.25, 0.3) is 0 Å². The van der Waals surface area contributed by atoms with Crippen molar-refractivity contribution in [3.8, 4) is 5.75 Å². The van der Waals surface area contributed by atoms with Gasteiger partial charge in [0.15, 0.2) is 5.96 Å². The minimum Gasteiger partial charge on any atom is -0.497 e. The Kier molecular flexibility index (Phi) is 8.36. The van der Waals surface area contributed by atoms with Gasteiger partial charge in [0.2, 0.25) is 5.91 Å². The predicted molar refractivity (Wildman–Crippen MR) is 130 cm³/mol. The zero-order valence-electron chi connectivity index (χ0n) is 19.6. The van der Waals surface area contributed by atoms with Crippen LogP contribution in [0.5, 0.6) is 5.75 Å². The van der Waals surface area contributed by atoms with E-state index in [0.29, 0.717) is 12.5 Å². The Morgan fingerprint density at radius 3 is 2.53 bits per heavy atom. The quantitative estimate of drug-likeness (QED) is 0.515. The molecule has 0 radical (unpaired) electrons. The van der Waals surface area contributed by atoms with Gasteiger partial charge in [-0.1, -0.05) is 29.8 Å². The molecule has 2 aromatic rings. The number of rotatable bonds is 7. The molecular weight excluding hydrogens is 402 g/mol. The third-order valence-corrected chi connectivity index (χ3v) is 5.65. The molecule has 1 heterocycles. The van der Waals surface area contributed by atoms with Crippen LogP contribution in [0, 0.1) is 6.92 Å². The minimum atomic E-state index is 0.00822. The Balaban J connectivity index is 1.67. The van der Waals surface area contributed by atoms with Gasteiger partial charge in [0.1, 0.15) is 5.75 Å². The summed E-state index contributed by atoms with van der Waals surface area (Å²) in [5, 5.41) is 6.76. The van der Waals surface area contributed by atoms with Gasteiger partial charge in [-0.3, -0.25) is 4.79 Å². The number of nitrogens with zero attached hydrogens (tertiary/aromatic N) is 3. The fourth-order valence-electron chi connectivity index (χ4n) is 3.65. The van der Waals surface area contributed by atoms with E-state index in [-0.39, 0.29) is 18.5 Å². The van der Waals surface area contributed by atoms with Crippen LogP contribution in [0.4, 0.5) is 5.69 Å². The predicted octanol–water partition coefficient (Wildman–Crippen LogP) is 2.80. The van der Waals surface area contributed by atoms with Crippen LogP contribution in [0.1, 0.15) is 24.0 Å². The van der Waals surface area contributed by atoms with Gasteiger partial charge in [-0.2, -0.15) is 0 Å². The Morgan fingerprint density at radius 1 is 1.16 bits per heavy atom. The highest BCUT2D eigenvalue weighted by Crippen LogP contribution is 2.20. The molecule has 7 heteroatoms. The summed E-state index contributed by atoms with van der Waals surface area (Å²) >= 11 is 0. The summed E-state index contributed by atoms with van der Waals surface area (Å²) in [6.45, 7) is 4.77. The lowest BCUT2D eigenvalue weighted by Crippen LogP contribution is -2.52. The van der Waals surface area contributed by atoms with Crippen molar-refractivity contribution < 1.29 is 9.53 Å². The molecule has 0 spiro atoms. The van der Waals surface area contributed by atoms with Crippen molar-refractivity contribution in [3.05, 3.63) is 59.7 Å². The maximum atomic E-state index is 12.1. The van der Waals surface area contributed by atoms with E-state index in [2.05, 4.69) is 46.7 Å². The van der Waals surface area contributed by atoms with E-state index in [9.17, 15) is 4.79 Å². The van der Waals surface area contributed by atoms with Crippen molar-refractivity contribution >= 4 is 17.6 Å². The van der Waals surface area contributed by atoms with Crippen LogP contribution in [0.25, 0.3) is 0 Å². The summed E-state index contributed by atoms with van der Waals surface area (Å²) in [4.78, 5) is 20.8. The number of likely N-dealkylation sites (N-methyl/N-ethyl adjacent to an activating group) is 1. The lowest BCUT2D eigenvalue weighted by molar-refractivity contribution is -0.127. The summed E-state index contributed by atoms with van der Waals surface area (Å²) in [5.41, 5.74) is 3.59. The number of amides is 1. The third kappa shape index (κ3) is 6.90. The molecule has 0 aliphatic carbocycles. The Bertz CT molecular complexity index is 894. The molecule has 1 saturated heterocycles. The second-order valence-electron chi connectivity index (χ2n) is 8.42. The lowest BCUT2D eigenvalue weighted by atomic mass is 10.0. The Labute approximate surface area is 191 Å². The summed E-state index contributed by atoms with van der Waals surface area (Å²) in [6.07, 6.45) is 2.17. The standard InChI is InChI=1S/C25H35N5O2/c1-19-7-11-22(12-8-19)30-15-5-6-21(18-30)28-25(27-17-24(31)29(2)3)26-16-20-9-13-23(32-4)14-10-20/h7-14,21H,5-6,15-18H2,1-4H3,(H2,26,27,28). The summed E-state index contributed by atoms with van der Waals surface area (Å²) < 4.78 is 5.23. The van der Waals surface area contributed by atoms with Crippen LogP contribution in [-0.4, -0.2) is 63.6 Å². The van der Waals surface area contributed by atoms with Crippen molar-refractivity contribution in [2.75, 3.05) is 45.7 Å². The number of aryl methyl sites for hydroxylation is 1. The van der Waals surface area contributed by atoms with Crippen LogP contribution in [0.2, 0.25) is 0 Å². The monoisotopic (exact) mass is 437 g/mol. The van der Waals surface area contributed by atoms with E-state index in [4.69, 9.17) is 9.73 Å². The second-order valence-corrected chi connectivity index (χ2v) is 8.42. The van der Waals surface area contributed by atoms with Crippen molar-refractivity contribution in [2.24, 2.45) is 4.99 Å². The number of nitrogens with one attached hydrogen (secondary N) is 2. The van der Waals surface area contributed by atoms with E-state index in [1.54, 1.807) is 26.1 Å². The first-order valence-corrected chi connectivity index (χ1v) is 11.1. The number of methoxy groups -OCH3 is 1. The van der Waals surface area contributed by atoms with Crippen LogP contribution >= 0.6 is 0 Å². The van der Waals surface area contributed by atoms with Crippen molar-refractivity contribution in [2.45, 2.75) is 32.4 Å². The number of guanidine groups is 1. The number of aliphatic imine (C=N–C) groups is 1. The van der Waals surface area contributed by atoms with E-state index < -0.39 is 0 Å². The highest BCUT2D eigenvalue weighted by atomic mass is 16.5. The molecule has 1 atom stereocenters. The average molecular weight is 438 g/mol. The molecule has 0 saturated carbocycles. The maximum absolute atomic E-state index is 12.1. The molecule has 1 unspecified atom stereocenters. The van der Waals surface area contributed by atoms with Crippen molar-refractivity contribution in [1.82, 2.24) is 15.5 Å². The van der Waals surface area contributed by atoms with Crippen LogP contribution in [0.3, 0.4) is 0 Å². The molecule has 2 aromatic carbocycles. The van der Waals surface area contributed by atoms with Crippen LogP contribution in [-0.2, 0) is 11.3 Å². The SMILES string of the molecule is COc1ccc(CN=C(NCC(=O)N(C)C)NC2CCCN(c3ccc(C)cc3)C2)cc1. The molecule has 1 aliphatic rings. The van der Waals surface area contributed by atoms with Gasteiger partial charge in [0, 0.05) is 38.9 Å². The van der Waals surface area contributed by atoms with Gasteiger partial charge in [0.05, 0.1) is 20.2 Å². The molecule has 7 nitrogen and oxygen atoms in total. The molecule has 0 aromatic heterocycles. The molecular formula is C25H35N5O2. The zero-order chi connectivity index (χ0) is 22.9. The first-order chi connectivity index (χ1) is 15.4. The number of hydrogen-bond acceptors (Lipinski definition) is 4. The largest absolute Gasteiger partial charge is 0.497 e. The number of carbonyl (C=O) groups excluding carboxylic acids is 1. The van der Waals surface area contributed by atoms with E-state index in [0.717, 1.165) is 37.2 Å². The summed E-state index contributed by atoms with van der Waals surface area (Å²) in [5.74, 6) is 1.49. The van der Waals surface area contributed by atoms with Gasteiger partial charge in [-0.25, -0.2) is 4.99 Å². The van der Waals surface area contributed by atoms with Crippen LogP contribution in [0.15, 0.2) is 53.5 Å². The smallest absolute Gasteiger partial charge is 0.241 e. The fourth-order valence-corrected chi connectivity index (χ4v) is 3.65. The topological polar surface area (TPSA) is 69.2 Å². The number of carbonyl (C=O) groups is 1. The van der Waals surface area contributed by atoms with Crippen LogP contribution < -0.4 is 20.3 Å². The second kappa shape index (κ2) is 11.4. The molecule has 0 bridgehead atoms. The number of hydrogen-bond donors (Lipinski definition) is 2. The third-order valence-electron chi connectivity index (χ3n) is 5.65. The minimum absolute atomic E-state index is 0.00822. The fraction of sp³-hybridized carbons (Fsp3) is 0.440. The first-order valence-electron chi connectivity index (χ1n) is 11.1. The van der Waals surface area contributed by atoms with E-state index >= 15 is 0 Å². The highest BCUT2D eigenvalue weighted by Gasteiger charge is 2.21. The first kappa shape index (κ1) is 23.4. The molecule has 1 fully saturated rings. The Morgan fingerprint density at radius 2 is 1.88 bits per heavy atom. The molecule has 172 valence electrons. The zero-order valence-corrected chi connectivity index (χ0v) is 19.6. The molecule has 1 amide bonds. The van der Waals surface area contributed by atoms with Gasteiger partial charge in [-0.05, 0) is 49.6 Å². The number of piperidine rings is 1. The maximum Gasteiger partial charge on any atom is 0.241 e. The van der Waals surface area contributed by atoms with Gasteiger partial charge < -0.3 is 25.2 Å². The molecule has 2 N–H and O–H groups in total. The number of anilines is 1. The lowest BCUT2D eigenvalue weighted by Gasteiger charge is -2.35. The van der Waals surface area contributed by atoms with Crippen molar-refractivity contribution in [1.29, 1.82) is 0 Å². The summed E-state index contributed by atoms with van der Waals surface area (Å²) in [6, 6.07) is 16.8. The summed E-state index contributed by atoms with van der Waals surface area (Å²) in [7, 11) is 5.17. The number of ether oxygens (including phenoxy) is 1. The van der Waals surface area contributed by atoms with Gasteiger partial charge in [-0.15, -0.1) is 0 Å². The molecule has 32 heavy (non-hydrogen) atoms. The molecule has 1 aliphatic heterocycles. The molecule has 3 rings (SSSR count). The normalized spacial score (nSPS) is 16.4. The Hall–Kier alpha value is -3.22. The van der Waals surface area contributed by atoms with Gasteiger partial charge >= 0.3 is 0 Å². The number of benzene rings is 2. The van der Waals surface area contributed by atoms with Crippen molar-refractivity contribution in [3.63, 3.8) is 0 Å². The average Bonchev–Trinajstić information content (AvgIpc) is 2.81. The highest BCUT2D eigenvalue weighted by molar-refractivity contribution is 5.86. The van der Waals surface area contributed by atoms with E-state index in [1.165, 1.54) is 11.3 Å².